The lowest BCUT2D eigenvalue weighted by molar-refractivity contribution is 1.32. The molecule has 2 rings (SSSR count). The van der Waals surface area contributed by atoms with Crippen LogP contribution in [0.2, 0.25) is 0 Å². The number of H-pyrrole nitrogens is 1. The molecule has 0 amide bonds. The predicted octanol–water partition coefficient (Wildman–Crippen LogP) is 1.23. The van der Waals surface area contributed by atoms with E-state index in [-0.39, 0.29) is 0 Å². The number of nitrogens with zero attached hydrogens (tertiary/aromatic N) is 2. The Bertz CT molecular complexity index is 422. The first kappa shape index (κ1) is 5.93. The van der Waals surface area contributed by atoms with Crippen LogP contribution < -0.4 is 0 Å². The summed E-state index contributed by atoms with van der Waals surface area (Å²) in [6.45, 7) is 0. The summed E-state index contributed by atoms with van der Waals surface area (Å²) in [6.07, 6.45) is 2.60. The third-order valence-corrected chi connectivity index (χ3v) is 1.49. The molecule has 0 spiro atoms. The minimum atomic E-state index is 0.623. The zero-order valence-corrected chi connectivity index (χ0v) is 5.63. The quantitative estimate of drug-likeness (QED) is 0.601. The highest BCUT2D eigenvalue weighted by molar-refractivity contribution is 5.75. The van der Waals surface area contributed by atoms with Gasteiger partial charge in [0.1, 0.15) is 0 Å². The maximum Gasteiger partial charge on any atom is 0.174 e. The second kappa shape index (κ2) is 2.10. The van der Waals surface area contributed by atoms with E-state index in [0.29, 0.717) is 5.56 Å². The van der Waals surface area contributed by atoms with Gasteiger partial charge in [-0.2, -0.15) is 5.26 Å². The molecule has 1 heterocycles. The van der Waals surface area contributed by atoms with Crippen LogP contribution >= 0.6 is 0 Å². The fraction of sp³-hybridized carbons (Fsp3) is 0. The first-order valence-electron chi connectivity index (χ1n) is 3.16. The van der Waals surface area contributed by atoms with Crippen molar-refractivity contribution < 1.29 is 0 Å². The van der Waals surface area contributed by atoms with Crippen molar-refractivity contribution in [3.63, 3.8) is 0 Å². The molecule has 0 saturated heterocycles. The van der Waals surface area contributed by atoms with Gasteiger partial charge in [-0.25, -0.2) is 4.98 Å². The zero-order valence-electron chi connectivity index (χ0n) is 5.63. The minimum Gasteiger partial charge on any atom is -0.335 e. The SMILES string of the molecule is N#Cc1ccc2[nH][c]nc2c1. The Labute approximate surface area is 63.3 Å². The van der Waals surface area contributed by atoms with Gasteiger partial charge in [-0.1, -0.05) is 0 Å². The molecule has 3 nitrogen and oxygen atoms in total. The molecule has 0 fully saturated rings. The summed E-state index contributed by atoms with van der Waals surface area (Å²) >= 11 is 0. The van der Waals surface area contributed by atoms with E-state index in [1.54, 1.807) is 12.1 Å². The summed E-state index contributed by atoms with van der Waals surface area (Å²) in [6, 6.07) is 7.33. The maximum absolute atomic E-state index is 8.54. The smallest absolute Gasteiger partial charge is 0.174 e. The van der Waals surface area contributed by atoms with Crippen LogP contribution in [0.5, 0.6) is 0 Å². The third kappa shape index (κ3) is 0.849. The van der Waals surface area contributed by atoms with Gasteiger partial charge in [-0.15, -0.1) is 0 Å². The number of benzene rings is 1. The standard InChI is InChI=1S/C8H4N3/c9-4-6-1-2-7-8(3-6)11-5-10-7/h1-3H,(H,10,11). The van der Waals surface area contributed by atoms with Gasteiger partial charge in [0.25, 0.3) is 0 Å². The molecule has 11 heavy (non-hydrogen) atoms. The van der Waals surface area contributed by atoms with Gasteiger partial charge in [0.05, 0.1) is 22.7 Å². The maximum atomic E-state index is 8.54. The Morgan fingerprint density at radius 3 is 3.27 bits per heavy atom. The number of imidazole rings is 1. The van der Waals surface area contributed by atoms with E-state index in [2.05, 4.69) is 16.3 Å². The lowest BCUT2D eigenvalue weighted by atomic mass is 10.2. The van der Waals surface area contributed by atoms with Gasteiger partial charge in [0.15, 0.2) is 6.33 Å². The fourth-order valence-corrected chi connectivity index (χ4v) is 0.948. The average molecular weight is 142 g/mol. The van der Waals surface area contributed by atoms with E-state index in [9.17, 15) is 0 Å². The summed E-state index contributed by atoms with van der Waals surface area (Å²) < 4.78 is 0. The number of nitrogens with one attached hydrogen (secondary N) is 1. The molecule has 1 aromatic carbocycles. The lowest BCUT2D eigenvalue weighted by Crippen LogP contribution is -1.73. The molecule has 2 aromatic rings. The normalized spacial score (nSPS) is 9.73. The first-order valence-corrected chi connectivity index (χ1v) is 3.16. The Morgan fingerprint density at radius 2 is 2.45 bits per heavy atom. The first-order chi connectivity index (χ1) is 5.40. The van der Waals surface area contributed by atoms with Gasteiger partial charge in [0.2, 0.25) is 0 Å². The summed E-state index contributed by atoms with van der Waals surface area (Å²) in [5, 5.41) is 8.54. The number of hydrogen-bond acceptors (Lipinski definition) is 2. The molecular weight excluding hydrogens is 138 g/mol. The molecule has 1 N–H and O–H groups in total. The van der Waals surface area contributed by atoms with Crippen molar-refractivity contribution >= 4 is 11.0 Å². The molecule has 1 radical (unpaired) electrons. The Morgan fingerprint density at radius 1 is 1.55 bits per heavy atom. The molecule has 51 valence electrons. The molecule has 0 aliphatic heterocycles. The average Bonchev–Trinajstić information content (AvgIpc) is 2.50. The van der Waals surface area contributed by atoms with E-state index >= 15 is 0 Å². The van der Waals surface area contributed by atoms with Crippen molar-refractivity contribution in [1.82, 2.24) is 9.97 Å². The number of aromatic amines is 1. The van der Waals surface area contributed by atoms with Crippen LogP contribution in [0.1, 0.15) is 5.56 Å². The molecule has 0 aliphatic rings. The lowest BCUT2D eigenvalue weighted by Gasteiger charge is -1.86. The molecule has 0 atom stereocenters. The minimum absolute atomic E-state index is 0.623. The molecular formula is C8H4N3. The number of fused-ring (bicyclic) bond motifs is 1. The predicted molar refractivity (Wildman–Crippen MR) is 39.6 cm³/mol. The van der Waals surface area contributed by atoms with Crippen molar-refractivity contribution in [2.75, 3.05) is 0 Å². The molecule has 3 heteroatoms. The van der Waals surface area contributed by atoms with Gasteiger partial charge in [-0.05, 0) is 18.2 Å². The monoisotopic (exact) mass is 142 g/mol. The summed E-state index contributed by atoms with van der Waals surface area (Å²) in [7, 11) is 0. The van der Waals surface area contributed by atoms with Crippen LogP contribution in [0, 0.1) is 17.7 Å². The topological polar surface area (TPSA) is 52.5 Å². The highest BCUT2D eigenvalue weighted by Gasteiger charge is 1.95. The number of hydrogen-bond donors (Lipinski definition) is 1. The summed E-state index contributed by atoms with van der Waals surface area (Å²) in [5.41, 5.74) is 2.31. The number of nitriles is 1. The van der Waals surface area contributed by atoms with Crippen LogP contribution in [0.4, 0.5) is 0 Å². The number of aromatic nitrogens is 2. The van der Waals surface area contributed by atoms with Gasteiger partial charge in [-0.3, -0.25) is 0 Å². The van der Waals surface area contributed by atoms with Gasteiger partial charge in [0, 0.05) is 0 Å². The summed E-state index contributed by atoms with van der Waals surface area (Å²) in [4.78, 5) is 6.72. The van der Waals surface area contributed by atoms with Crippen molar-refractivity contribution in [2.24, 2.45) is 0 Å². The van der Waals surface area contributed by atoms with Crippen LogP contribution in [0.15, 0.2) is 18.2 Å². The van der Waals surface area contributed by atoms with Crippen LogP contribution in [0.25, 0.3) is 11.0 Å². The third-order valence-electron chi connectivity index (χ3n) is 1.49. The van der Waals surface area contributed by atoms with Crippen LogP contribution in [-0.2, 0) is 0 Å². The van der Waals surface area contributed by atoms with E-state index < -0.39 is 0 Å². The largest absolute Gasteiger partial charge is 0.335 e. The van der Waals surface area contributed by atoms with Crippen LogP contribution in [-0.4, -0.2) is 9.97 Å². The molecule has 0 aliphatic carbocycles. The van der Waals surface area contributed by atoms with Crippen molar-refractivity contribution in [2.45, 2.75) is 0 Å². The van der Waals surface area contributed by atoms with E-state index in [0.717, 1.165) is 11.0 Å². The fourth-order valence-electron chi connectivity index (χ4n) is 0.948. The van der Waals surface area contributed by atoms with Crippen LogP contribution in [0.3, 0.4) is 0 Å². The molecule has 0 saturated carbocycles. The van der Waals surface area contributed by atoms with Gasteiger partial charge < -0.3 is 4.98 Å². The molecule has 0 bridgehead atoms. The van der Waals surface area contributed by atoms with E-state index in [1.807, 2.05) is 12.1 Å². The zero-order chi connectivity index (χ0) is 7.68. The number of rotatable bonds is 0. The second-order valence-electron chi connectivity index (χ2n) is 2.19. The van der Waals surface area contributed by atoms with Crippen molar-refractivity contribution in [3.8, 4) is 6.07 Å². The highest BCUT2D eigenvalue weighted by atomic mass is 14.9. The Hall–Kier alpha value is -1.82. The Kier molecular flexibility index (Phi) is 1.13. The van der Waals surface area contributed by atoms with Gasteiger partial charge >= 0.3 is 0 Å². The van der Waals surface area contributed by atoms with E-state index in [1.165, 1.54) is 0 Å². The second-order valence-corrected chi connectivity index (χ2v) is 2.19. The van der Waals surface area contributed by atoms with E-state index in [4.69, 9.17) is 5.26 Å². The van der Waals surface area contributed by atoms with Crippen molar-refractivity contribution in [3.05, 3.63) is 30.1 Å². The summed E-state index contributed by atoms with van der Waals surface area (Å²) in [5.74, 6) is 0. The molecule has 1 aromatic heterocycles. The molecule has 0 unspecified atom stereocenters. The highest BCUT2D eigenvalue weighted by Crippen LogP contribution is 2.09. The van der Waals surface area contributed by atoms with Crippen molar-refractivity contribution in [1.29, 1.82) is 5.26 Å². The Balaban J connectivity index is 2.79.